The molecule has 0 spiro atoms. The summed E-state index contributed by atoms with van der Waals surface area (Å²) in [4.78, 5) is 24.6. The highest BCUT2D eigenvalue weighted by Crippen LogP contribution is 2.40. The van der Waals surface area contributed by atoms with Crippen LogP contribution in [0, 0.1) is 0 Å². The molecule has 0 saturated heterocycles. The van der Waals surface area contributed by atoms with E-state index in [2.05, 4.69) is 22.8 Å². The summed E-state index contributed by atoms with van der Waals surface area (Å²) < 4.78 is 76.7. The van der Waals surface area contributed by atoms with E-state index in [9.17, 15) is 35.9 Å². The quantitative estimate of drug-likeness (QED) is 0.0659. The van der Waals surface area contributed by atoms with Gasteiger partial charge in [0.2, 0.25) is 0 Å². The minimum absolute atomic E-state index is 0.0132. The molecule has 14 heteroatoms. The molecule has 4 aromatic rings. The third-order valence-corrected chi connectivity index (χ3v) is 9.42. The fraction of sp³-hybridized carbons (Fsp3) is 0.235. The van der Waals surface area contributed by atoms with Crippen LogP contribution in [0.4, 0.5) is 37.7 Å². The second kappa shape index (κ2) is 15.9. The maximum absolute atomic E-state index is 13.2. The van der Waals surface area contributed by atoms with Crippen molar-refractivity contribution in [1.82, 2.24) is 0 Å². The van der Waals surface area contributed by atoms with Gasteiger partial charge in [-0.1, -0.05) is 12.1 Å². The lowest BCUT2D eigenvalue weighted by Gasteiger charge is -2.14. The van der Waals surface area contributed by atoms with Gasteiger partial charge in [0.1, 0.15) is 0 Å². The second-order valence-electron chi connectivity index (χ2n) is 10.5. The van der Waals surface area contributed by atoms with Gasteiger partial charge in [0, 0.05) is 58.4 Å². The number of alkyl halides is 6. The molecule has 254 valence electrons. The van der Waals surface area contributed by atoms with Crippen LogP contribution in [0.1, 0.15) is 43.0 Å². The van der Waals surface area contributed by atoms with E-state index in [4.69, 9.17) is 11.5 Å². The van der Waals surface area contributed by atoms with Gasteiger partial charge in [-0.2, -0.15) is 26.3 Å². The van der Waals surface area contributed by atoms with Crippen LogP contribution < -0.4 is 22.1 Å². The molecule has 1 amide bonds. The van der Waals surface area contributed by atoms with Gasteiger partial charge in [-0.25, -0.2) is 0 Å². The molecule has 0 saturated carbocycles. The van der Waals surface area contributed by atoms with Gasteiger partial charge in [-0.3, -0.25) is 9.59 Å². The number of rotatable bonds is 10. The highest BCUT2D eigenvalue weighted by Gasteiger charge is 2.32. The molecular formula is C34H32F6N4O2S2. The monoisotopic (exact) mass is 706 g/mol. The van der Waals surface area contributed by atoms with Crippen molar-refractivity contribution in [2.45, 2.75) is 28.6 Å². The Bertz CT molecular complexity index is 1780. The fourth-order valence-electron chi connectivity index (χ4n) is 4.94. The summed E-state index contributed by atoms with van der Waals surface area (Å²) >= 11 is 2.53. The van der Waals surface area contributed by atoms with E-state index in [1.54, 1.807) is 6.07 Å². The Morgan fingerprint density at radius 2 is 1.27 bits per heavy atom. The number of fused-ring (bicyclic) bond motifs is 3. The average Bonchev–Trinajstić information content (AvgIpc) is 3.42. The molecule has 0 heterocycles. The lowest BCUT2D eigenvalue weighted by molar-refractivity contribution is -0.138. The molecule has 1 aliphatic carbocycles. The van der Waals surface area contributed by atoms with E-state index in [1.165, 1.54) is 41.2 Å². The molecule has 0 fully saturated rings. The maximum atomic E-state index is 13.2. The van der Waals surface area contributed by atoms with E-state index in [0.717, 1.165) is 53.1 Å². The van der Waals surface area contributed by atoms with E-state index in [-0.39, 0.29) is 11.1 Å². The fourth-order valence-corrected chi connectivity index (χ4v) is 6.52. The SMILES string of the molecule is CNc1ccc2c(c1)Cc1cc(NC(=O)c3cc(C(F)(F)F)ccc3SCCN)ccc1-2.NCCSc1ccc(C(F)(F)F)cc1C=O. The van der Waals surface area contributed by atoms with Gasteiger partial charge in [-0.15, -0.1) is 23.5 Å². The van der Waals surface area contributed by atoms with Crippen molar-refractivity contribution in [2.24, 2.45) is 11.5 Å². The van der Waals surface area contributed by atoms with Crippen LogP contribution in [0.5, 0.6) is 0 Å². The van der Waals surface area contributed by atoms with E-state index >= 15 is 0 Å². The predicted octanol–water partition coefficient (Wildman–Crippen LogP) is 8.19. The van der Waals surface area contributed by atoms with Crippen LogP contribution in [-0.4, -0.2) is 43.8 Å². The van der Waals surface area contributed by atoms with Gasteiger partial charge in [0.15, 0.2) is 6.29 Å². The van der Waals surface area contributed by atoms with Gasteiger partial charge >= 0.3 is 12.4 Å². The molecule has 0 atom stereocenters. The first-order valence-electron chi connectivity index (χ1n) is 14.6. The Morgan fingerprint density at radius 3 is 1.81 bits per heavy atom. The van der Waals surface area contributed by atoms with Crippen molar-refractivity contribution in [3.63, 3.8) is 0 Å². The number of nitrogens with two attached hydrogens (primary N) is 2. The lowest BCUT2D eigenvalue weighted by atomic mass is 10.0. The number of carbonyl (C=O) groups excluding carboxylic acids is 2. The van der Waals surface area contributed by atoms with Crippen molar-refractivity contribution in [2.75, 3.05) is 42.3 Å². The van der Waals surface area contributed by atoms with Gasteiger partial charge in [0.05, 0.1) is 16.7 Å². The normalized spacial score (nSPS) is 12.0. The van der Waals surface area contributed by atoms with E-state index in [0.29, 0.717) is 46.4 Å². The summed E-state index contributed by atoms with van der Waals surface area (Å²) in [7, 11) is 1.87. The number of carbonyl (C=O) groups is 2. The van der Waals surface area contributed by atoms with Crippen molar-refractivity contribution < 1.29 is 35.9 Å². The van der Waals surface area contributed by atoms with Crippen LogP contribution in [0.3, 0.4) is 0 Å². The molecule has 6 nitrogen and oxygen atoms in total. The summed E-state index contributed by atoms with van der Waals surface area (Å²) in [6.07, 6.45) is -7.80. The molecule has 4 aromatic carbocycles. The summed E-state index contributed by atoms with van der Waals surface area (Å²) in [6, 6.07) is 18.1. The molecule has 0 unspecified atom stereocenters. The van der Waals surface area contributed by atoms with Crippen LogP contribution in [0.15, 0.2) is 82.6 Å². The Labute approximate surface area is 282 Å². The number of thioether (sulfide) groups is 2. The molecule has 6 N–H and O–H groups in total. The second-order valence-corrected chi connectivity index (χ2v) is 12.7. The molecule has 0 aromatic heterocycles. The van der Waals surface area contributed by atoms with Crippen LogP contribution >= 0.6 is 23.5 Å². The summed E-state index contributed by atoms with van der Waals surface area (Å²) in [5, 5.41) is 5.90. The summed E-state index contributed by atoms with van der Waals surface area (Å²) in [5.41, 5.74) is 15.2. The first kappa shape index (κ1) is 36.8. The topological polar surface area (TPSA) is 110 Å². The molecule has 5 rings (SSSR count). The van der Waals surface area contributed by atoms with Crippen molar-refractivity contribution in [3.8, 4) is 11.1 Å². The largest absolute Gasteiger partial charge is 0.416 e. The number of halogens is 6. The molecular weight excluding hydrogens is 675 g/mol. The molecule has 48 heavy (non-hydrogen) atoms. The Morgan fingerprint density at radius 1 is 0.750 bits per heavy atom. The number of amides is 1. The van der Waals surface area contributed by atoms with Crippen LogP contribution in [-0.2, 0) is 18.8 Å². The zero-order chi connectivity index (χ0) is 35.1. The predicted molar refractivity (Wildman–Crippen MR) is 180 cm³/mol. The number of hydrogen-bond donors (Lipinski definition) is 4. The summed E-state index contributed by atoms with van der Waals surface area (Å²) in [5.74, 6) is 0.479. The van der Waals surface area contributed by atoms with Crippen LogP contribution in [0.25, 0.3) is 11.1 Å². The summed E-state index contributed by atoms with van der Waals surface area (Å²) in [6.45, 7) is 0.761. The minimum atomic E-state index is -4.53. The first-order valence-corrected chi connectivity index (χ1v) is 16.5. The Hall–Kier alpha value is -3.98. The zero-order valence-electron chi connectivity index (χ0n) is 25.6. The molecule has 0 bridgehead atoms. The zero-order valence-corrected chi connectivity index (χ0v) is 27.2. The standard InChI is InChI=1S/C24H22F3N3OS.C10H10F3NOS/c1-29-17-3-5-19-14(11-17)10-15-12-18(4-6-20(15)19)30-23(31)21-13-16(24(25,26)27)2-7-22(21)32-9-8-28;11-10(12,13)8-1-2-9(16-4-3-14)7(5-8)6-15/h2-7,11-13,29H,8-10,28H2,1H3,(H,30,31);1-2,5-6H,3-4,14H2. The third kappa shape index (κ3) is 9.13. The van der Waals surface area contributed by atoms with E-state index < -0.39 is 29.4 Å². The number of hydrogen-bond acceptors (Lipinski definition) is 7. The Kier molecular flexibility index (Phi) is 12.2. The van der Waals surface area contributed by atoms with Gasteiger partial charge in [-0.05, 0) is 89.3 Å². The van der Waals surface area contributed by atoms with Crippen molar-refractivity contribution >= 4 is 47.1 Å². The third-order valence-electron chi connectivity index (χ3n) is 7.19. The van der Waals surface area contributed by atoms with Crippen LogP contribution in [0.2, 0.25) is 0 Å². The first-order chi connectivity index (χ1) is 22.8. The maximum Gasteiger partial charge on any atom is 0.416 e. The smallest absolute Gasteiger partial charge is 0.388 e. The molecule has 1 aliphatic rings. The molecule has 0 aliphatic heterocycles. The van der Waals surface area contributed by atoms with E-state index in [1.807, 2.05) is 25.2 Å². The van der Waals surface area contributed by atoms with Gasteiger partial charge < -0.3 is 22.1 Å². The number of nitrogens with one attached hydrogen (secondary N) is 2. The van der Waals surface area contributed by atoms with Crippen molar-refractivity contribution in [1.29, 1.82) is 0 Å². The highest BCUT2D eigenvalue weighted by molar-refractivity contribution is 7.99. The Balaban J connectivity index is 0.000000274. The minimum Gasteiger partial charge on any atom is -0.388 e. The number of anilines is 2. The number of benzene rings is 4. The average molecular weight is 707 g/mol. The number of aldehydes is 1. The van der Waals surface area contributed by atoms with Crippen molar-refractivity contribution in [3.05, 3.63) is 106 Å². The lowest BCUT2D eigenvalue weighted by Crippen LogP contribution is -2.16. The highest BCUT2D eigenvalue weighted by atomic mass is 32.2. The molecule has 0 radical (unpaired) electrons. The van der Waals surface area contributed by atoms with Gasteiger partial charge in [0.25, 0.3) is 5.91 Å².